The first-order chi connectivity index (χ1) is 7.25. The molecule has 78 valence electrons. The Morgan fingerprint density at radius 2 is 2.38 bits per heavy atom. The van der Waals surface area contributed by atoms with Crippen LogP contribution in [0.1, 0.15) is 6.42 Å². The van der Waals surface area contributed by atoms with Gasteiger partial charge in [0.2, 0.25) is 0 Å². The van der Waals surface area contributed by atoms with Crippen molar-refractivity contribution in [3.05, 3.63) is 30.0 Å². The van der Waals surface area contributed by atoms with E-state index in [1.54, 1.807) is 22.2 Å². The standard InChI is InChI=1S/C10H10N2O2S.Na/c13-10(14)3-4-12-6-8(11-7-12)9-2-1-5-15-9;/h1-2,5-7H,3-4H2,(H,13,14);/q;+1/p-1. The maximum Gasteiger partial charge on any atom is 1.00 e. The average molecular weight is 244 g/mol. The molecule has 0 aromatic carbocycles. The Morgan fingerprint density at radius 1 is 1.56 bits per heavy atom. The number of rotatable bonds is 4. The predicted octanol–water partition coefficient (Wildman–Crippen LogP) is -2.24. The zero-order chi connectivity index (χ0) is 10.7. The maximum atomic E-state index is 10.3. The molecule has 0 saturated carbocycles. The number of aryl methyl sites for hydroxylation is 1. The van der Waals surface area contributed by atoms with Gasteiger partial charge in [0.05, 0.1) is 16.9 Å². The van der Waals surface area contributed by atoms with Gasteiger partial charge in [-0.2, -0.15) is 0 Å². The summed E-state index contributed by atoms with van der Waals surface area (Å²) in [5.41, 5.74) is 0.878. The van der Waals surface area contributed by atoms with E-state index in [1.807, 2.05) is 23.7 Å². The van der Waals surface area contributed by atoms with Crippen molar-refractivity contribution >= 4 is 17.3 Å². The van der Waals surface area contributed by atoms with Gasteiger partial charge in [0.15, 0.2) is 0 Å². The summed E-state index contributed by atoms with van der Waals surface area (Å²) in [6, 6.07) is 3.94. The third kappa shape index (κ3) is 3.45. The number of nitrogens with zero attached hydrogens (tertiary/aromatic N) is 2. The number of carboxylic acids is 1. The molecule has 6 heteroatoms. The van der Waals surface area contributed by atoms with E-state index in [0.29, 0.717) is 6.54 Å². The van der Waals surface area contributed by atoms with Gasteiger partial charge in [0, 0.05) is 25.1 Å². The summed E-state index contributed by atoms with van der Waals surface area (Å²) in [4.78, 5) is 15.5. The molecule has 4 nitrogen and oxygen atoms in total. The summed E-state index contributed by atoms with van der Waals surface area (Å²) >= 11 is 1.61. The van der Waals surface area contributed by atoms with E-state index in [9.17, 15) is 9.90 Å². The van der Waals surface area contributed by atoms with E-state index in [4.69, 9.17) is 0 Å². The van der Waals surface area contributed by atoms with Gasteiger partial charge in [-0.15, -0.1) is 11.3 Å². The van der Waals surface area contributed by atoms with Gasteiger partial charge < -0.3 is 14.5 Å². The van der Waals surface area contributed by atoms with E-state index in [-0.39, 0.29) is 36.0 Å². The maximum absolute atomic E-state index is 10.3. The second-order valence-electron chi connectivity index (χ2n) is 3.10. The van der Waals surface area contributed by atoms with Crippen LogP contribution in [0.15, 0.2) is 30.0 Å². The number of carbonyl (C=O) groups is 1. The van der Waals surface area contributed by atoms with Crippen molar-refractivity contribution in [1.29, 1.82) is 0 Å². The minimum atomic E-state index is -1.04. The van der Waals surface area contributed by atoms with E-state index in [0.717, 1.165) is 10.6 Å². The Bertz CT molecular complexity index is 453. The summed E-state index contributed by atoms with van der Waals surface area (Å²) in [6.45, 7) is 0.403. The summed E-state index contributed by atoms with van der Waals surface area (Å²) < 4.78 is 1.75. The van der Waals surface area contributed by atoms with Crippen molar-refractivity contribution in [2.45, 2.75) is 13.0 Å². The molecule has 0 fully saturated rings. The number of aliphatic carboxylic acids is 1. The minimum Gasteiger partial charge on any atom is -0.550 e. The van der Waals surface area contributed by atoms with Crippen molar-refractivity contribution < 1.29 is 39.5 Å². The molecule has 0 atom stereocenters. The summed E-state index contributed by atoms with van der Waals surface area (Å²) in [6.07, 6.45) is 3.49. The van der Waals surface area contributed by atoms with Gasteiger partial charge >= 0.3 is 29.6 Å². The Morgan fingerprint density at radius 3 is 3.00 bits per heavy atom. The summed E-state index contributed by atoms with van der Waals surface area (Å²) in [7, 11) is 0. The van der Waals surface area contributed by atoms with Crippen LogP contribution in [0, 0.1) is 0 Å². The Kier molecular flexibility index (Phi) is 5.21. The molecular weight excluding hydrogens is 235 g/mol. The SMILES string of the molecule is O=C([O-])CCn1cnc(-c2cccs2)c1.[Na+]. The van der Waals surface area contributed by atoms with Crippen LogP contribution in [0.2, 0.25) is 0 Å². The molecule has 0 amide bonds. The first-order valence-corrected chi connectivity index (χ1v) is 5.39. The molecule has 0 aliphatic carbocycles. The number of carboxylic acid groups (broad SMARTS) is 1. The minimum absolute atomic E-state index is 0. The Labute approximate surface area is 119 Å². The van der Waals surface area contributed by atoms with Gasteiger partial charge in [-0.05, 0) is 11.4 Å². The van der Waals surface area contributed by atoms with Gasteiger partial charge in [-0.25, -0.2) is 4.98 Å². The van der Waals surface area contributed by atoms with Crippen molar-refractivity contribution in [2.75, 3.05) is 0 Å². The molecule has 0 aliphatic heterocycles. The molecule has 2 aromatic rings. The van der Waals surface area contributed by atoms with Gasteiger partial charge in [-0.3, -0.25) is 0 Å². The second-order valence-corrected chi connectivity index (χ2v) is 4.04. The molecule has 0 bridgehead atoms. The molecule has 0 unspecified atom stereocenters. The van der Waals surface area contributed by atoms with Crippen LogP contribution in [-0.2, 0) is 11.3 Å². The van der Waals surface area contributed by atoms with Crippen LogP contribution >= 0.6 is 11.3 Å². The van der Waals surface area contributed by atoms with Crippen molar-refractivity contribution in [3.8, 4) is 10.6 Å². The fraction of sp³-hybridized carbons (Fsp3) is 0.200. The molecule has 0 aliphatic rings. The molecule has 2 heterocycles. The van der Waals surface area contributed by atoms with Crippen LogP contribution in [0.4, 0.5) is 0 Å². The number of hydrogen-bond acceptors (Lipinski definition) is 4. The molecule has 0 saturated heterocycles. The molecule has 2 rings (SSSR count). The van der Waals surface area contributed by atoms with E-state index in [1.165, 1.54) is 0 Å². The monoisotopic (exact) mass is 244 g/mol. The molecule has 0 spiro atoms. The Balaban J connectivity index is 0.00000128. The van der Waals surface area contributed by atoms with Crippen LogP contribution < -0.4 is 34.7 Å². The van der Waals surface area contributed by atoms with E-state index < -0.39 is 5.97 Å². The number of aromatic nitrogens is 2. The van der Waals surface area contributed by atoms with Crippen molar-refractivity contribution in [3.63, 3.8) is 0 Å². The normalized spacial score (nSPS) is 9.75. The van der Waals surface area contributed by atoms with Gasteiger partial charge in [0.1, 0.15) is 0 Å². The van der Waals surface area contributed by atoms with E-state index >= 15 is 0 Å². The number of carbonyl (C=O) groups excluding carboxylic acids is 1. The first-order valence-electron chi connectivity index (χ1n) is 4.51. The number of thiophene rings is 1. The quantitative estimate of drug-likeness (QED) is 0.571. The predicted molar refractivity (Wildman–Crippen MR) is 55.2 cm³/mol. The summed E-state index contributed by atoms with van der Waals surface area (Å²) in [5, 5.41) is 12.2. The van der Waals surface area contributed by atoms with Crippen LogP contribution in [-0.4, -0.2) is 15.5 Å². The smallest absolute Gasteiger partial charge is 0.550 e. The average Bonchev–Trinajstić information content (AvgIpc) is 2.85. The zero-order valence-electron chi connectivity index (χ0n) is 8.92. The number of imidazole rings is 1. The van der Waals surface area contributed by atoms with Crippen molar-refractivity contribution in [1.82, 2.24) is 9.55 Å². The molecule has 16 heavy (non-hydrogen) atoms. The number of hydrogen-bond donors (Lipinski definition) is 0. The fourth-order valence-corrected chi connectivity index (χ4v) is 1.94. The van der Waals surface area contributed by atoms with Crippen LogP contribution in [0.25, 0.3) is 10.6 Å². The van der Waals surface area contributed by atoms with E-state index in [2.05, 4.69) is 4.98 Å². The summed E-state index contributed by atoms with van der Waals surface area (Å²) in [5.74, 6) is -1.04. The molecular formula is C10H9N2NaO2S. The van der Waals surface area contributed by atoms with Gasteiger partial charge in [0.25, 0.3) is 0 Å². The van der Waals surface area contributed by atoms with Crippen LogP contribution in [0.5, 0.6) is 0 Å². The fourth-order valence-electron chi connectivity index (χ4n) is 1.25. The first kappa shape index (κ1) is 13.4. The third-order valence-corrected chi connectivity index (χ3v) is 2.87. The third-order valence-electron chi connectivity index (χ3n) is 1.98. The topological polar surface area (TPSA) is 57.9 Å². The van der Waals surface area contributed by atoms with Crippen molar-refractivity contribution in [2.24, 2.45) is 0 Å². The molecule has 0 radical (unpaired) electrons. The second kappa shape index (κ2) is 6.20. The molecule has 2 aromatic heterocycles. The Hall–Kier alpha value is -0.620. The largest absolute Gasteiger partial charge is 1.00 e. The zero-order valence-corrected chi connectivity index (χ0v) is 11.7. The van der Waals surface area contributed by atoms with Crippen LogP contribution in [0.3, 0.4) is 0 Å². The molecule has 0 N–H and O–H groups in total. The van der Waals surface area contributed by atoms with Gasteiger partial charge in [-0.1, -0.05) is 6.07 Å².